The Balaban J connectivity index is 2.75. The largest absolute Gasteiger partial charge is 0.294 e. The van der Waals surface area contributed by atoms with Gasteiger partial charge in [0.2, 0.25) is 5.82 Å². The average Bonchev–Trinajstić information content (AvgIpc) is 2.46. The molecule has 0 amide bonds. The van der Waals surface area contributed by atoms with Gasteiger partial charge in [0.15, 0.2) is 11.9 Å². The van der Waals surface area contributed by atoms with Gasteiger partial charge in [-0.1, -0.05) is 0 Å². The molecule has 0 atom stereocenters. The number of nitrogens with zero attached hydrogens (tertiary/aromatic N) is 3. The monoisotopic (exact) mass is 273 g/mol. The summed E-state index contributed by atoms with van der Waals surface area (Å²) in [6.07, 6.45) is 2.41. The highest BCUT2D eigenvalue weighted by molar-refractivity contribution is 14.1. The Morgan fingerprint density at radius 3 is 3.17 bits per heavy atom. The van der Waals surface area contributed by atoms with E-state index >= 15 is 0 Å². The van der Waals surface area contributed by atoms with Crippen LogP contribution in [-0.2, 0) is 0 Å². The highest BCUT2D eigenvalue weighted by Crippen LogP contribution is 2.06. The summed E-state index contributed by atoms with van der Waals surface area (Å²) >= 11 is 2.18. The maximum absolute atomic E-state index is 10.3. The van der Waals surface area contributed by atoms with Crippen molar-refractivity contribution >= 4 is 34.5 Å². The lowest BCUT2D eigenvalue weighted by Gasteiger charge is -1.89. The van der Waals surface area contributed by atoms with Gasteiger partial charge in [0, 0.05) is 9.77 Å². The van der Waals surface area contributed by atoms with Gasteiger partial charge >= 0.3 is 0 Å². The van der Waals surface area contributed by atoms with Crippen molar-refractivity contribution in [2.75, 3.05) is 0 Å². The number of fused-ring (bicyclic) bond motifs is 1. The maximum atomic E-state index is 10.3. The van der Waals surface area contributed by atoms with Crippen molar-refractivity contribution < 1.29 is 4.79 Å². The summed E-state index contributed by atoms with van der Waals surface area (Å²) in [4.78, 5) is 14.3. The molecule has 4 nitrogen and oxygen atoms in total. The van der Waals surface area contributed by atoms with Crippen LogP contribution in [0.3, 0.4) is 0 Å². The fourth-order valence-corrected chi connectivity index (χ4v) is 1.36. The van der Waals surface area contributed by atoms with Gasteiger partial charge in [0.25, 0.3) is 0 Å². The van der Waals surface area contributed by atoms with Gasteiger partial charge in [-0.05, 0) is 34.7 Å². The Kier molecular flexibility index (Phi) is 1.80. The molecule has 2 heterocycles. The Hall–Kier alpha value is -0.980. The second-order valence-corrected chi connectivity index (χ2v) is 3.48. The Labute approximate surface area is 81.7 Å². The van der Waals surface area contributed by atoms with E-state index in [1.165, 1.54) is 0 Å². The highest BCUT2D eigenvalue weighted by Gasteiger charge is 2.00. The lowest BCUT2D eigenvalue weighted by Crippen LogP contribution is -1.87. The third-order valence-electron chi connectivity index (χ3n) is 1.42. The van der Waals surface area contributed by atoms with E-state index in [0.717, 1.165) is 3.57 Å². The smallest absolute Gasteiger partial charge is 0.214 e. The molecule has 0 unspecified atom stereocenters. The Bertz CT molecular complexity index is 437. The lowest BCUT2D eigenvalue weighted by molar-refractivity contribution is 0.111. The molecule has 0 fully saturated rings. The van der Waals surface area contributed by atoms with Crippen LogP contribution in [0.2, 0.25) is 0 Å². The van der Waals surface area contributed by atoms with E-state index in [1.807, 2.05) is 12.1 Å². The normalized spacial score (nSPS) is 10.4. The van der Waals surface area contributed by atoms with Crippen molar-refractivity contribution in [3.8, 4) is 0 Å². The molecule has 0 aliphatic carbocycles. The predicted octanol–water partition coefficient (Wildman–Crippen LogP) is 1.15. The number of pyridine rings is 1. The number of carbonyl (C=O) groups excluding carboxylic acids is 1. The zero-order valence-electron chi connectivity index (χ0n) is 5.94. The first-order valence-corrected chi connectivity index (χ1v) is 4.34. The van der Waals surface area contributed by atoms with Crippen LogP contribution in [0, 0.1) is 3.57 Å². The van der Waals surface area contributed by atoms with Crippen LogP contribution in [-0.4, -0.2) is 20.9 Å². The van der Waals surface area contributed by atoms with Gasteiger partial charge in [-0.15, -0.1) is 5.10 Å². The zero-order chi connectivity index (χ0) is 8.55. The second kappa shape index (κ2) is 2.81. The van der Waals surface area contributed by atoms with Crippen molar-refractivity contribution in [1.29, 1.82) is 0 Å². The van der Waals surface area contributed by atoms with Crippen molar-refractivity contribution in [3.63, 3.8) is 0 Å². The molecule has 5 heteroatoms. The van der Waals surface area contributed by atoms with E-state index in [4.69, 9.17) is 0 Å². The third-order valence-corrected chi connectivity index (χ3v) is 2.09. The SMILES string of the molecule is O=Cc1nc2cc(I)ccn2n1. The average molecular weight is 273 g/mol. The first-order chi connectivity index (χ1) is 5.79. The maximum Gasteiger partial charge on any atom is 0.214 e. The molecule has 2 rings (SSSR count). The van der Waals surface area contributed by atoms with Crippen LogP contribution >= 0.6 is 22.6 Å². The molecular weight excluding hydrogens is 269 g/mol. The topological polar surface area (TPSA) is 47.3 Å². The Morgan fingerprint density at radius 1 is 1.58 bits per heavy atom. The van der Waals surface area contributed by atoms with Gasteiger partial charge in [0.05, 0.1) is 0 Å². The third kappa shape index (κ3) is 1.20. The van der Waals surface area contributed by atoms with E-state index in [0.29, 0.717) is 11.9 Å². The van der Waals surface area contributed by atoms with E-state index in [-0.39, 0.29) is 5.82 Å². The van der Waals surface area contributed by atoms with Crippen LogP contribution in [0.4, 0.5) is 0 Å². The summed E-state index contributed by atoms with van der Waals surface area (Å²) in [6.45, 7) is 0. The van der Waals surface area contributed by atoms with Gasteiger partial charge < -0.3 is 0 Å². The summed E-state index contributed by atoms with van der Waals surface area (Å²) in [5.41, 5.74) is 0.698. The fraction of sp³-hybridized carbons (Fsp3) is 0. The van der Waals surface area contributed by atoms with E-state index in [2.05, 4.69) is 32.7 Å². The molecule has 0 aliphatic rings. The number of hydrogen-bond donors (Lipinski definition) is 0. The minimum Gasteiger partial charge on any atom is -0.294 e. The van der Waals surface area contributed by atoms with Crippen LogP contribution in [0.15, 0.2) is 18.3 Å². The van der Waals surface area contributed by atoms with Gasteiger partial charge in [-0.3, -0.25) is 4.79 Å². The van der Waals surface area contributed by atoms with E-state index in [9.17, 15) is 4.79 Å². The molecule has 12 heavy (non-hydrogen) atoms. The van der Waals surface area contributed by atoms with Crippen LogP contribution < -0.4 is 0 Å². The lowest BCUT2D eigenvalue weighted by atomic mass is 10.5. The van der Waals surface area contributed by atoms with Gasteiger partial charge in [-0.2, -0.15) is 0 Å². The molecule has 0 spiro atoms. The summed E-state index contributed by atoms with van der Waals surface area (Å²) in [5, 5.41) is 3.91. The Morgan fingerprint density at radius 2 is 2.42 bits per heavy atom. The summed E-state index contributed by atoms with van der Waals surface area (Å²) in [7, 11) is 0. The minimum absolute atomic E-state index is 0.219. The van der Waals surface area contributed by atoms with Crippen molar-refractivity contribution in [3.05, 3.63) is 27.7 Å². The number of aromatic nitrogens is 3. The van der Waals surface area contributed by atoms with Crippen molar-refractivity contribution in [1.82, 2.24) is 14.6 Å². The second-order valence-electron chi connectivity index (χ2n) is 2.24. The predicted molar refractivity (Wildman–Crippen MR) is 51.1 cm³/mol. The molecule has 0 saturated carbocycles. The molecule has 0 radical (unpaired) electrons. The first-order valence-electron chi connectivity index (χ1n) is 3.27. The number of rotatable bonds is 1. The molecular formula is C7H4IN3O. The quantitative estimate of drug-likeness (QED) is 0.578. The standard InChI is InChI=1S/C7H4IN3O/c8-5-1-2-11-7(3-5)9-6(4-12)10-11/h1-4H. The number of halogens is 1. The molecule has 60 valence electrons. The van der Waals surface area contributed by atoms with Crippen LogP contribution in [0.25, 0.3) is 5.65 Å². The minimum atomic E-state index is 0.219. The van der Waals surface area contributed by atoms with Crippen molar-refractivity contribution in [2.24, 2.45) is 0 Å². The molecule has 0 aromatic carbocycles. The van der Waals surface area contributed by atoms with Gasteiger partial charge in [-0.25, -0.2) is 9.50 Å². The van der Waals surface area contributed by atoms with E-state index in [1.54, 1.807) is 10.7 Å². The van der Waals surface area contributed by atoms with Crippen molar-refractivity contribution in [2.45, 2.75) is 0 Å². The fourth-order valence-electron chi connectivity index (χ4n) is 0.924. The molecule has 0 saturated heterocycles. The van der Waals surface area contributed by atoms with Crippen LogP contribution in [0.5, 0.6) is 0 Å². The number of hydrogen-bond acceptors (Lipinski definition) is 3. The highest BCUT2D eigenvalue weighted by atomic mass is 127. The summed E-state index contributed by atoms with van der Waals surface area (Å²) in [6, 6.07) is 3.76. The molecule has 0 bridgehead atoms. The zero-order valence-corrected chi connectivity index (χ0v) is 8.09. The number of carbonyl (C=O) groups is 1. The number of aldehydes is 1. The summed E-state index contributed by atoms with van der Waals surface area (Å²) in [5.74, 6) is 0.219. The first kappa shape index (κ1) is 7.66. The van der Waals surface area contributed by atoms with Gasteiger partial charge in [0.1, 0.15) is 0 Å². The summed E-state index contributed by atoms with van der Waals surface area (Å²) < 4.78 is 2.65. The molecule has 2 aromatic heterocycles. The molecule has 2 aromatic rings. The molecule has 0 N–H and O–H groups in total. The van der Waals surface area contributed by atoms with Crippen LogP contribution in [0.1, 0.15) is 10.6 Å². The van der Waals surface area contributed by atoms with E-state index < -0.39 is 0 Å². The molecule has 0 aliphatic heterocycles.